The fraction of sp³-hybridized carbons (Fsp3) is 0.400. The van der Waals surface area contributed by atoms with Crippen molar-refractivity contribution in [2.75, 3.05) is 18.4 Å². The van der Waals surface area contributed by atoms with E-state index < -0.39 is 5.95 Å². The van der Waals surface area contributed by atoms with Crippen molar-refractivity contribution in [3.63, 3.8) is 0 Å². The van der Waals surface area contributed by atoms with Crippen molar-refractivity contribution in [3.05, 3.63) is 24.1 Å². The fourth-order valence-corrected chi connectivity index (χ4v) is 1.00. The molecule has 0 fully saturated rings. The average Bonchev–Trinajstić information content (AvgIpc) is 2.23. The first-order valence-corrected chi connectivity index (χ1v) is 4.85. The second-order valence-electron chi connectivity index (χ2n) is 3.05. The van der Waals surface area contributed by atoms with Gasteiger partial charge < -0.3 is 10.6 Å². The minimum absolute atomic E-state index is 0.108. The Morgan fingerprint density at radius 3 is 3.00 bits per heavy atom. The standard InChI is InChI=1S/C10H14FN3O/c1-2-6-12-10(15)7-13-9-5-3-4-8(11)14-9/h3-5H,2,6-7H2,1H3,(H,12,15)(H,13,14). The topological polar surface area (TPSA) is 54.0 Å². The van der Waals surface area contributed by atoms with Crippen LogP contribution in [0.5, 0.6) is 0 Å². The maximum Gasteiger partial charge on any atom is 0.239 e. The molecule has 0 unspecified atom stereocenters. The van der Waals surface area contributed by atoms with Crippen LogP contribution < -0.4 is 10.6 Å². The highest BCUT2D eigenvalue weighted by atomic mass is 19.1. The van der Waals surface area contributed by atoms with Crippen LogP contribution in [0.4, 0.5) is 10.2 Å². The van der Waals surface area contributed by atoms with Crippen molar-refractivity contribution in [2.45, 2.75) is 13.3 Å². The van der Waals surface area contributed by atoms with E-state index in [2.05, 4.69) is 15.6 Å². The van der Waals surface area contributed by atoms with E-state index in [0.717, 1.165) is 6.42 Å². The van der Waals surface area contributed by atoms with Gasteiger partial charge in [0.2, 0.25) is 11.9 Å². The third-order valence-electron chi connectivity index (χ3n) is 1.72. The lowest BCUT2D eigenvalue weighted by Gasteiger charge is -2.05. The molecule has 82 valence electrons. The summed E-state index contributed by atoms with van der Waals surface area (Å²) < 4.78 is 12.6. The minimum atomic E-state index is -0.561. The molecule has 0 aromatic carbocycles. The Labute approximate surface area is 87.9 Å². The second kappa shape index (κ2) is 5.95. The molecule has 1 heterocycles. The molecule has 1 aromatic heterocycles. The van der Waals surface area contributed by atoms with Gasteiger partial charge in [0.15, 0.2) is 0 Å². The number of pyridine rings is 1. The molecule has 2 N–H and O–H groups in total. The monoisotopic (exact) mass is 211 g/mol. The molecule has 0 spiro atoms. The molecular weight excluding hydrogens is 197 g/mol. The van der Waals surface area contributed by atoms with E-state index in [9.17, 15) is 9.18 Å². The summed E-state index contributed by atoms with van der Waals surface area (Å²) in [5.74, 6) is -0.321. The predicted molar refractivity (Wildman–Crippen MR) is 56.0 cm³/mol. The van der Waals surface area contributed by atoms with Gasteiger partial charge in [0, 0.05) is 6.54 Å². The highest BCUT2D eigenvalue weighted by molar-refractivity contribution is 5.80. The van der Waals surface area contributed by atoms with E-state index in [1.807, 2.05) is 6.92 Å². The number of nitrogens with one attached hydrogen (secondary N) is 2. The number of hydrogen-bond donors (Lipinski definition) is 2. The van der Waals surface area contributed by atoms with Gasteiger partial charge in [-0.15, -0.1) is 0 Å². The molecule has 1 rings (SSSR count). The van der Waals surface area contributed by atoms with Crippen molar-refractivity contribution in [1.82, 2.24) is 10.3 Å². The lowest BCUT2D eigenvalue weighted by atomic mass is 10.4. The smallest absolute Gasteiger partial charge is 0.239 e. The average molecular weight is 211 g/mol. The summed E-state index contributed by atoms with van der Waals surface area (Å²) in [7, 11) is 0. The van der Waals surface area contributed by atoms with Crippen molar-refractivity contribution in [3.8, 4) is 0 Å². The Bertz CT molecular complexity index is 330. The van der Waals surface area contributed by atoms with Gasteiger partial charge in [0.25, 0.3) is 0 Å². The van der Waals surface area contributed by atoms with Gasteiger partial charge in [0.1, 0.15) is 5.82 Å². The number of halogens is 1. The Morgan fingerprint density at radius 1 is 1.53 bits per heavy atom. The molecule has 0 aliphatic carbocycles. The first-order chi connectivity index (χ1) is 7.22. The third kappa shape index (κ3) is 4.39. The number of carbonyl (C=O) groups is 1. The van der Waals surface area contributed by atoms with Crippen molar-refractivity contribution in [1.29, 1.82) is 0 Å². The quantitative estimate of drug-likeness (QED) is 0.718. The maximum atomic E-state index is 12.6. The number of aromatic nitrogens is 1. The maximum absolute atomic E-state index is 12.6. The minimum Gasteiger partial charge on any atom is -0.361 e. The van der Waals surface area contributed by atoms with Crippen molar-refractivity contribution < 1.29 is 9.18 Å². The van der Waals surface area contributed by atoms with E-state index in [1.54, 1.807) is 6.07 Å². The number of amides is 1. The molecule has 5 heteroatoms. The summed E-state index contributed by atoms with van der Waals surface area (Å²) in [6, 6.07) is 4.40. The molecule has 1 amide bonds. The highest BCUT2D eigenvalue weighted by Gasteiger charge is 2.00. The van der Waals surface area contributed by atoms with Gasteiger partial charge in [-0.05, 0) is 18.6 Å². The molecule has 1 aromatic rings. The van der Waals surface area contributed by atoms with Gasteiger partial charge in [0.05, 0.1) is 6.54 Å². The molecule has 0 aliphatic rings. The molecule has 0 aliphatic heterocycles. The SMILES string of the molecule is CCCNC(=O)CNc1cccc(F)n1. The summed E-state index contributed by atoms with van der Waals surface area (Å²) in [4.78, 5) is 14.7. The molecule has 0 saturated carbocycles. The number of rotatable bonds is 5. The van der Waals surface area contributed by atoms with Crippen molar-refractivity contribution >= 4 is 11.7 Å². The number of nitrogens with zero attached hydrogens (tertiary/aromatic N) is 1. The summed E-state index contributed by atoms with van der Waals surface area (Å²) in [5.41, 5.74) is 0. The van der Waals surface area contributed by atoms with Crippen LogP contribution in [0.3, 0.4) is 0 Å². The van der Waals surface area contributed by atoms with Crippen LogP contribution in [0.1, 0.15) is 13.3 Å². The number of carbonyl (C=O) groups excluding carboxylic acids is 1. The number of hydrogen-bond acceptors (Lipinski definition) is 3. The van der Waals surface area contributed by atoms with Crippen LogP contribution in [0, 0.1) is 5.95 Å². The zero-order valence-corrected chi connectivity index (χ0v) is 8.59. The normalized spacial score (nSPS) is 9.73. The van der Waals surface area contributed by atoms with E-state index in [1.165, 1.54) is 12.1 Å². The predicted octanol–water partition coefficient (Wildman–Crippen LogP) is 1.16. The third-order valence-corrected chi connectivity index (χ3v) is 1.72. The van der Waals surface area contributed by atoms with E-state index in [4.69, 9.17) is 0 Å². The lowest BCUT2D eigenvalue weighted by molar-refractivity contribution is -0.119. The molecule has 0 radical (unpaired) electrons. The number of anilines is 1. The van der Waals surface area contributed by atoms with Crippen LogP contribution in [-0.2, 0) is 4.79 Å². The molecular formula is C10H14FN3O. The van der Waals surface area contributed by atoms with E-state index in [-0.39, 0.29) is 12.5 Å². The Kier molecular flexibility index (Phi) is 4.53. The Balaban J connectivity index is 2.33. The summed E-state index contributed by atoms with van der Waals surface area (Å²) in [6.45, 7) is 2.73. The molecule has 4 nitrogen and oxygen atoms in total. The molecule has 15 heavy (non-hydrogen) atoms. The van der Waals surface area contributed by atoms with E-state index >= 15 is 0 Å². The summed E-state index contributed by atoms with van der Waals surface area (Å²) >= 11 is 0. The van der Waals surface area contributed by atoms with Crippen LogP contribution >= 0.6 is 0 Å². The lowest BCUT2D eigenvalue weighted by Crippen LogP contribution is -2.30. The van der Waals surface area contributed by atoms with Gasteiger partial charge in [-0.25, -0.2) is 4.98 Å². The second-order valence-corrected chi connectivity index (χ2v) is 3.05. The van der Waals surface area contributed by atoms with E-state index in [0.29, 0.717) is 12.4 Å². The molecule has 0 atom stereocenters. The van der Waals surface area contributed by atoms with Gasteiger partial charge >= 0.3 is 0 Å². The first kappa shape index (κ1) is 11.4. The van der Waals surface area contributed by atoms with Crippen LogP contribution in [0.2, 0.25) is 0 Å². The first-order valence-electron chi connectivity index (χ1n) is 4.85. The van der Waals surface area contributed by atoms with Crippen LogP contribution in [0.25, 0.3) is 0 Å². The molecule has 0 bridgehead atoms. The van der Waals surface area contributed by atoms with Crippen LogP contribution in [-0.4, -0.2) is 24.0 Å². The van der Waals surface area contributed by atoms with Crippen LogP contribution in [0.15, 0.2) is 18.2 Å². The van der Waals surface area contributed by atoms with Crippen molar-refractivity contribution in [2.24, 2.45) is 0 Å². The Hall–Kier alpha value is -1.65. The summed E-state index contributed by atoms with van der Waals surface area (Å²) in [5, 5.41) is 5.43. The fourth-order valence-electron chi connectivity index (χ4n) is 1.00. The Morgan fingerprint density at radius 2 is 2.33 bits per heavy atom. The van der Waals surface area contributed by atoms with Gasteiger partial charge in [-0.3, -0.25) is 4.79 Å². The zero-order valence-electron chi connectivity index (χ0n) is 8.59. The largest absolute Gasteiger partial charge is 0.361 e. The van der Waals surface area contributed by atoms with Gasteiger partial charge in [-0.2, -0.15) is 4.39 Å². The van der Waals surface area contributed by atoms with Gasteiger partial charge in [-0.1, -0.05) is 13.0 Å². The summed E-state index contributed by atoms with van der Waals surface area (Å²) in [6.07, 6.45) is 0.893. The molecule has 0 saturated heterocycles. The highest BCUT2D eigenvalue weighted by Crippen LogP contribution is 2.02. The zero-order chi connectivity index (χ0) is 11.1.